The summed E-state index contributed by atoms with van der Waals surface area (Å²) in [4.78, 5) is 32.4. The average molecular weight is 384 g/mol. The molecule has 2 heterocycles. The predicted octanol–water partition coefficient (Wildman–Crippen LogP) is 3.85. The van der Waals surface area contributed by atoms with Gasteiger partial charge in [-0.3, -0.25) is 9.59 Å². The molecule has 0 unspecified atom stereocenters. The number of aromatic nitrogens is 2. The van der Waals surface area contributed by atoms with Crippen LogP contribution in [0.4, 0.5) is 10.1 Å². The molecule has 1 aliphatic heterocycles. The molecule has 0 aliphatic carbocycles. The second-order valence-electron chi connectivity index (χ2n) is 6.49. The highest BCUT2D eigenvalue weighted by Gasteiger charge is 2.19. The number of imidazole rings is 1. The number of nitrogens with one attached hydrogen (secondary N) is 3. The largest absolute Gasteiger partial charge is 0.339 e. The minimum Gasteiger partial charge on any atom is -0.339 e. The van der Waals surface area contributed by atoms with Crippen molar-refractivity contribution >= 4 is 40.8 Å². The van der Waals surface area contributed by atoms with Crippen LogP contribution in [-0.4, -0.2) is 39.8 Å². The van der Waals surface area contributed by atoms with Crippen molar-refractivity contribution in [3.63, 3.8) is 0 Å². The van der Waals surface area contributed by atoms with Gasteiger partial charge in [-0.2, -0.15) is 0 Å². The predicted molar refractivity (Wildman–Crippen MR) is 103 cm³/mol. The maximum absolute atomic E-state index is 13.8. The van der Waals surface area contributed by atoms with Crippen molar-refractivity contribution in [2.24, 2.45) is 0 Å². The first-order valence-electron chi connectivity index (χ1n) is 8.63. The fraction of sp³-hybridized carbons (Fsp3) is 0.211. The standard InChI is InChI=1S/C19H17FN4O2S/c20-12-9-14(16-15(10-12)22-19(27)23-16)17(25)21-13-5-3-11(4-6-13)18(26)24-7-1-2-8-24/h3-6,9-10H,1-2,7-8H2,(H,21,25)(H2,22,23,27). The van der Waals surface area contributed by atoms with Crippen LogP contribution in [0.1, 0.15) is 33.6 Å². The van der Waals surface area contributed by atoms with Crippen molar-refractivity contribution in [2.45, 2.75) is 12.8 Å². The lowest BCUT2D eigenvalue weighted by atomic mass is 10.1. The summed E-state index contributed by atoms with van der Waals surface area (Å²) in [6.07, 6.45) is 2.06. The lowest BCUT2D eigenvalue weighted by molar-refractivity contribution is 0.0792. The summed E-state index contributed by atoms with van der Waals surface area (Å²) < 4.78 is 14.1. The molecular formula is C19H17FN4O2S. The summed E-state index contributed by atoms with van der Waals surface area (Å²) in [5.41, 5.74) is 2.12. The Kier molecular flexibility index (Phi) is 4.49. The number of nitrogens with zero attached hydrogens (tertiary/aromatic N) is 1. The summed E-state index contributed by atoms with van der Waals surface area (Å²) >= 11 is 5.02. The maximum Gasteiger partial charge on any atom is 0.257 e. The molecule has 4 rings (SSSR count). The Labute approximate surface area is 159 Å². The smallest absolute Gasteiger partial charge is 0.257 e. The lowest BCUT2D eigenvalue weighted by Crippen LogP contribution is -2.27. The highest BCUT2D eigenvalue weighted by atomic mass is 32.1. The third-order valence-electron chi connectivity index (χ3n) is 4.62. The normalized spacial score (nSPS) is 13.9. The molecule has 1 saturated heterocycles. The molecule has 1 aromatic heterocycles. The van der Waals surface area contributed by atoms with Crippen LogP contribution in [-0.2, 0) is 0 Å². The first-order valence-corrected chi connectivity index (χ1v) is 9.04. The van der Waals surface area contributed by atoms with Gasteiger partial charge >= 0.3 is 0 Å². The van der Waals surface area contributed by atoms with Crippen LogP contribution in [0.25, 0.3) is 11.0 Å². The Bertz CT molecular complexity index is 1080. The van der Waals surface area contributed by atoms with Gasteiger partial charge in [-0.1, -0.05) is 0 Å². The van der Waals surface area contributed by atoms with Gasteiger partial charge in [0.2, 0.25) is 0 Å². The number of anilines is 1. The van der Waals surface area contributed by atoms with Crippen molar-refractivity contribution in [1.29, 1.82) is 0 Å². The van der Waals surface area contributed by atoms with Gasteiger partial charge in [-0.15, -0.1) is 0 Å². The molecule has 0 radical (unpaired) electrons. The van der Waals surface area contributed by atoms with Gasteiger partial charge in [0.05, 0.1) is 16.6 Å². The Morgan fingerprint density at radius 1 is 1.07 bits per heavy atom. The van der Waals surface area contributed by atoms with E-state index in [-0.39, 0.29) is 11.5 Å². The maximum atomic E-state index is 13.8. The number of H-pyrrole nitrogens is 2. The fourth-order valence-electron chi connectivity index (χ4n) is 3.28. The van der Waals surface area contributed by atoms with Crippen LogP contribution in [0.2, 0.25) is 0 Å². The van der Waals surface area contributed by atoms with E-state index < -0.39 is 11.7 Å². The fourth-order valence-corrected chi connectivity index (χ4v) is 3.50. The van der Waals surface area contributed by atoms with Crippen molar-refractivity contribution in [3.05, 3.63) is 58.1 Å². The summed E-state index contributed by atoms with van der Waals surface area (Å²) in [6, 6.07) is 9.12. The SMILES string of the molecule is O=C(Nc1ccc(C(=O)N2CCCC2)cc1)c1cc(F)cc2[nH]c(=S)[nH]c12. The first-order chi connectivity index (χ1) is 13.0. The second-order valence-corrected chi connectivity index (χ2v) is 6.89. The second kappa shape index (κ2) is 6.96. The van der Waals surface area contributed by atoms with E-state index in [1.807, 2.05) is 4.90 Å². The van der Waals surface area contributed by atoms with Crippen LogP contribution in [0, 0.1) is 10.6 Å². The first kappa shape index (κ1) is 17.4. The number of likely N-dealkylation sites (tertiary alicyclic amines) is 1. The number of hydrogen-bond donors (Lipinski definition) is 3. The third-order valence-corrected chi connectivity index (χ3v) is 4.82. The highest BCUT2D eigenvalue weighted by molar-refractivity contribution is 7.71. The molecule has 2 amide bonds. The number of hydrogen-bond acceptors (Lipinski definition) is 3. The minimum absolute atomic E-state index is 0.00267. The van der Waals surface area contributed by atoms with Crippen molar-refractivity contribution in [2.75, 3.05) is 18.4 Å². The molecule has 6 nitrogen and oxygen atoms in total. The number of amides is 2. The van der Waals surface area contributed by atoms with Gasteiger partial charge in [0, 0.05) is 24.3 Å². The highest BCUT2D eigenvalue weighted by Crippen LogP contribution is 2.20. The van der Waals surface area contributed by atoms with Crippen molar-refractivity contribution in [1.82, 2.24) is 14.9 Å². The Morgan fingerprint density at radius 3 is 2.48 bits per heavy atom. The summed E-state index contributed by atoms with van der Waals surface area (Å²) in [5.74, 6) is -1.01. The number of halogens is 1. The summed E-state index contributed by atoms with van der Waals surface area (Å²) in [6.45, 7) is 1.57. The molecule has 1 aliphatic rings. The number of rotatable bonds is 3. The van der Waals surface area contributed by atoms with Gasteiger partial charge in [-0.25, -0.2) is 4.39 Å². The number of fused-ring (bicyclic) bond motifs is 1. The van der Waals surface area contributed by atoms with Gasteiger partial charge in [0.15, 0.2) is 4.77 Å². The molecule has 0 bridgehead atoms. The molecule has 138 valence electrons. The van der Waals surface area contributed by atoms with Crippen molar-refractivity contribution < 1.29 is 14.0 Å². The molecule has 2 aromatic carbocycles. The summed E-state index contributed by atoms with van der Waals surface area (Å²) in [5, 5.41) is 2.72. The number of carbonyl (C=O) groups is 2. The molecule has 0 spiro atoms. The molecule has 0 saturated carbocycles. The van der Waals surface area contributed by atoms with Gasteiger partial charge in [-0.05, 0) is 61.5 Å². The zero-order chi connectivity index (χ0) is 19.0. The van der Waals surface area contributed by atoms with E-state index >= 15 is 0 Å². The molecule has 3 N–H and O–H groups in total. The van der Waals surface area contributed by atoms with E-state index in [1.165, 1.54) is 6.07 Å². The van der Waals surface area contributed by atoms with E-state index in [1.54, 1.807) is 24.3 Å². The Balaban J connectivity index is 1.55. The Morgan fingerprint density at radius 2 is 1.78 bits per heavy atom. The molecule has 3 aromatic rings. The van der Waals surface area contributed by atoms with E-state index in [9.17, 15) is 14.0 Å². The monoisotopic (exact) mass is 384 g/mol. The van der Waals surface area contributed by atoms with Crippen LogP contribution in [0.3, 0.4) is 0 Å². The average Bonchev–Trinajstić information content (AvgIpc) is 3.30. The van der Waals surface area contributed by atoms with Gasteiger partial charge < -0.3 is 20.2 Å². The van der Waals surface area contributed by atoms with E-state index in [2.05, 4.69) is 15.3 Å². The van der Waals surface area contributed by atoms with Gasteiger partial charge in [0.1, 0.15) is 5.82 Å². The zero-order valence-corrected chi connectivity index (χ0v) is 15.2. The Hall–Kier alpha value is -3.00. The quantitative estimate of drug-likeness (QED) is 0.600. The molecule has 27 heavy (non-hydrogen) atoms. The topological polar surface area (TPSA) is 81.0 Å². The molecule has 1 fully saturated rings. The van der Waals surface area contributed by atoms with E-state index in [0.29, 0.717) is 27.1 Å². The molecular weight excluding hydrogens is 367 g/mol. The van der Waals surface area contributed by atoms with Crippen molar-refractivity contribution in [3.8, 4) is 0 Å². The van der Waals surface area contributed by atoms with Crippen LogP contribution >= 0.6 is 12.2 Å². The zero-order valence-electron chi connectivity index (χ0n) is 14.3. The number of benzene rings is 2. The lowest BCUT2D eigenvalue weighted by Gasteiger charge is -2.15. The molecule has 0 atom stereocenters. The summed E-state index contributed by atoms with van der Waals surface area (Å²) in [7, 11) is 0. The minimum atomic E-state index is -0.538. The molecule has 8 heteroatoms. The van der Waals surface area contributed by atoms with Crippen LogP contribution < -0.4 is 5.32 Å². The van der Waals surface area contributed by atoms with E-state index in [0.717, 1.165) is 32.0 Å². The van der Waals surface area contributed by atoms with E-state index in [4.69, 9.17) is 12.2 Å². The number of carbonyl (C=O) groups excluding carboxylic acids is 2. The van der Waals surface area contributed by atoms with Crippen LogP contribution in [0.15, 0.2) is 36.4 Å². The van der Waals surface area contributed by atoms with Gasteiger partial charge in [0.25, 0.3) is 11.8 Å². The number of aromatic amines is 2. The van der Waals surface area contributed by atoms with Crippen LogP contribution in [0.5, 0.6) is 0 Å². The third kappa shape index (κ3) is 3.48.